The average Bonchev–Trinajstić information content (AvgIpc) is 2.51. The molecule has 0 radical (unpaired) electrons. The van der Waals surface area contributed by atoms with Gasteiger partial charge in [-0.3, -0.25) is 20.3 Å². The number of benzene rings is 1. The molecule has 0 unspecified atom stereocenters. The fraction of sp³-hybridized carbons (Fsp3) is 0.200. The summed E-state index contributed by atoms with van der Waals surface area (Å²) < 4.78 is 6.55. The van der Waals surface area contributed by atoms with Gasteiger partial charge in [0.1, 0.15) is 5.49 Å². The maximum atomic E-state index is 12.3. The van der Waals surface area contributed by atoms with Gasteiger partial charge in [0.05, 0.1) is 23.1 Å². The molecular weight excluding hydrogens is 322 g/mol. The summed E-state index contributed by atoms with van der Waals surface area (Å²) in [4.78, 5) is 22.8. The number of Topliss-reactive ketones (excluding diaryl/α,β-unsaturated/α-hetero) is 1. The van der Waals surface area contributed by atoms with Crippen LogP contribution in [0.5, 0.6) is 5.75 Å². The first-order chi connectivity index (χ1) is 10.9. The Morgan fingerprint density at radius 3 is 2.78 bits per heavy atom. The number of hydrogen-bond donors (Lipinski definition) is 1. The quantitative estimate of drug-likeness (QED) is 0.498. The maximum Gasteiger partial charge on any atom is 0.311 e. The van der Waals surface area contributed by atoms with Crippen molar-refractivity contribution in [3.8, 4) is 5.75 Å². The highest BCUT2D eigenvalue weighted by molar-refractivity contribution is 6.30. The van der Waals surface area contributed by atoms with Crippen LogP contribution in [0.4, 0.5) is 5.69 Å². The zero-order valence-electron chi connectivity index (χ0n) is 12.3. The van der Waals surface area contributed by atoms with E-state index in [2.05, 4.69) is 0 Å². The van der Waals surface area contributed by atoms with Crippen molar-refractivity contribution in [1.29, 1.82) is 5.41 Å². The minimum atomic E-state index is -0.593. The lowest BCUT2D eigenvalue weighted by molar-refractivity contribution is -0.385. The third-order valence-electron chi connectivity index (χ3n) is 3.08. The van der Waals surface area contributed by atoms with Crippen LogP contribution in [0.2, 0.25) is 5.02 Å². The van der Waals surface area contributed by atoms with Gasteiger partial charge >= 0.3 is 5.69 Å². The number of ether oxygens (including phenoxy) is 1. The van der Waals surface area contributed by atoms with Crippen LogP contribution < -0.4 is 10.2 Å². The zero-order valence-corrected chi connectivity index (χ0v) is 13.0. The predicted octanol–water partition coefficient (Wildman–Crippen LogP) is 2.81. The molecule has 0 aliphatic carbocycles. The van der Waals surface area contributed by atoms with E-state index >= 15 is 0 Å². The molecule has 120 valence electrons. The smallest absolute Gasteiger partial charge is 0.311 e. The number of hydrogen-bond acceptors (Lipinski definition) is 5. The summed E-state index contributed by atoms with van der Waals surface area (Å²) in [5, 5.41) is 19.2. The number of ketones is 1. The first kappa shape index (κ1) is 16.7. The van der Waals surface area contributed by atoms with Crippen LogP contribution in [0.3, 0.4) is 0 Å². The Hall–Kier alpha value is -2.67. The predicted molar refractivity (Wildman–Crippen MR) is 83.9 cm³/mol. The van der Waals surface area contributed by atoms with Crippen LogP contribution in [0.25, 0.3) is 0 Å². The van der Waals surface area contributed by atoms with Crippen molar-refractivity contribution in [3.63, 3.8) is 0 Å². The molecule has 8 heteroatoms. The van der Waals surface area contributed by atoms with Crippen LogP contribution >= 0.6 is 11.6 Å². The van der Waals surface area contributed by atoms with Crippen molar-refractivity contribution in [2.45, 2.75) is 13.5 Å². The minimum absolute atomic E-state index is 0.114. The molecule has 0 aliphatic rings. The molecule has 0 aliphatic heterocycles. The zero-order chi connectivity index (χ0) is 17.0. The molecule has 0 saturated heterocycles. The highest BCUT2D eigenvalue weighted by Crippen LogP contribution is 2.28. The molecule has 1 N–H and O–H groups in total. The van der Waals surface area contributed by atoms with E-state index in [0.29, 0.717) is 5.02 Å². The van der Waals surface area contributed by atoms with Crippen LogP contribution in [0.1, 0.15) is 17.3 Å². The minimum Gasteiger partial charge on any atom is -0.487 e. The third-order valence-corrected chi connectivity index (χ3v) is 3.30. The molecule has 0 amide bonds. The second-order valence-electron chi connectivity index (χ2n) is 4.66. The largest absolute Gasteiger partial charge is 0.487 e. The summed E-state index contributed by atoms with van der Waals surface area (Å²) in [5.74, 6) is -0.248. The Morgan fingerprint density at radius 1 is 1.39 bits per heavy atom. The molecule has 0 spiro atoms. The number of nitro benzene ring substituents is 1. The van der Waals surface area contributed by atoms with Gasteiger partial charge in [-0.15, -0.1) is 0 Å². The number of pyridine rings is 1. The van der Waals surface area contributed by atoms with Crippen molar-refractivity contribution < 1.29 is 14.5 Å². The van der Waals surface area contributed by atoms with Gasteiger partial charge in [0, 0.05) is 17.8 Å². The molecule has 1 aromatic carbocycles. The third kappa shape index (κ3) is 3.95. The number of nitrogens with zero attached hydrogens (tertiary/aromatic N) is 2. The fourth-order valence-electron chi connectivity index (χ4n) is 2.00. The first-order valence-corrected chi connectivity index (χ1v) is 7.15. The number of carbonyl (C=O) groups is 1. The number of nitro groups is 1. The highest BCUT2D eigenvalue weighted by Gasteiger charge is 2.18. The number of nitrogens with one attached hydrogen (secondary N) is 1. The number of halogens is 1. The van der Waals surface area contributed by atoms with Gasteiger partial charge in [-0.25, -0.2) is 0 Å². The number of carbonyl (C=O) groups excluding carboxylic acids is 1. The molecule has 0 bridgehead atoms. The van der Waals surface area contributed by atoms with Gasteiger partial charge in [0.2, 0.25) is 0 Å². The fourth-order valence-corrected chi connectivity index (χ4v) is 2.18. The number of aromatic nitrogens is 1. The van der Waals surface area contributed by atoms with Crippen molar-refractivity contribution in [1.82, 2.24) is 4.57 Å². The van der Waals surface area contributed by atoms with Gasteiger partial charge < -0.3 is 9.30 Å². The molecule has 23 heavy (non-hydrogen) atoms. The lowest BCUT2D eigenvalue weighted by atomic mass is 10.1. The molecule has 0 saturated carbocycles. The molecular formula is C15H14ClN3O4. The molecule has 2 aromatic rings. The molecule has 7 nitrogen and oxygen atoms in total. The summed E-state index contributed by atoms with van der Waals surface area (Å²) >= 11 is 5.85. The van der Waals surface area contributed by atoms with E-state index in [1.54, 1.807) is 13.0 Å². The topological polar surface area (TPSA) is 98.2 Å². The van der Waals surface area contributed by atoms with Gasteiger partial charge in [-0.05, 0) is 31.2 Å². The first-order valence-electron chi connectivity index (χ1n) is 6.77. The van der Waals surface area contributed by atoms with E-state index in [9.17, 15) is 14.9 Å². The van der Waals surface area contributed by atoms with Crippen LogP contribution in [-0.4, -0.2) is 21.9 Å². The normalized spacial score (nSPS) is 10.3. The Kier molecular flexibility index (Phi) is 5.13. The van der Waals surface area contributed by atoms with E-state index in [0.717, 1.165) is 0 Å². The van der Waals surface area contributed by atoms with Crippen molar-refractivity contribution >= 4 is 23.1 Å². The summed E-state index contributed by atoms with van der Waals surface area (Å²) in [7, 11) is 0. The molecule has 1 aromatic heterocycles. The second-order valence-corrected chi connectivity index (χ2v) is 5.09. The SMILES string of the molecule is CCOc1ccc(C(=O)Cn2cc(Cl)ccc2=N)cc1[N+](=O)[O-]. The van der Waals surface area contributed by atoms with E-state index < -0.39 is 4.92 Å². The maximum absolute atomic E-state index is 12.3. The summed E-state index contributed by atoms with van der Waals surface area (Å²) in [6.45, 7) is 1.87. The van der Waals surface area contributed by atoms with Crippen molar-refractivity contribution in [3.05, 3.63) is 62.7 Å². The lowest BCUT2D eigenvalue weighted by Gasteiger charge is -2.08. The summed E-state index contributed by atoms with van der Waals surface area (Å²) in [6.07, 6.45) is 1.46. The molecule has 1 heterocycles. The highest BCUT2D eigenvalue weighted by atomic mass is 35.5. The van der Waals surface area contributed by atoms with Gasteiger partial charge in [-0.1, -0.05) is 11.6 Å². The van der Waals surface area contributed by atoms with Crippen molar-refractivity contribution in [2.24, 2.45) is 0 Å². The summed E-state index contributed by atoms with van der Waals surface area (Å²) in [5.41, 5.74) is 0.0232. The van der Waals surface area contributed by atoms with Crippen LogP contribution in [0, 0.1) is 15.5 Å². The van der Waals surface area contributed by atoms with Crippen LogP contribution in [0.15, 0.2) is 36.5 Å². The van der Waals surface area contributed by atoms with Crippen molar-refractivity contribution in [2.75, 3.05) is 6.61 Å². The van der Waals surface area contributed by atoms with E-state index in [-0.39, 0.29) is 41.4 Å². The Bertz CT molecular complexity index is 817. The second kappa shape index (κ2) is 7.06. The van der Waals surface area contributed by atoms with Gasteiger partial charge in [0.25, 0.3) is 0 Å². The van der Waals surface area contributed by atoms with Crippen LogP contribution in [-0.2, 0) is 6.54 Å². The van der Waals surface area contributed by atoms with Gasteiger partial charge in [-0.2, -0.15) is 0 Å². The van der Waals surface area contributed by atoms with E-state index in [4.69, 9.17) is 21.7 Å². The Labute approximate surface area is 136 Å². The number of rotatable bonds is 6. The van der Waals surface area contributed by atoms with Gasteiger partial charge in [0.15, 0.2) is 11.5 Å². The average molecular weight is 336 g/mol. The Morgan fingerprint density at radius 2 is 2.13 bits per heavy atom. The standard InChI is InChI=1S/C15H14ClN3O4/c1-2-23-14-5-3-10(7-12(14)19(21)22)13(20)9-18-8-11(16)4-6-15(18)17/h3-8,17H,2,9H2,1H3. The lowest BCUT2D eigenvalue weighted by Crippen LogP contribution is -2.23. The monoisotopic (exact) mass is 335 g/mol. The molecule has 0 fully saturated rings. The van der Waals surface area contributed by atoms with E-state index in [1.165, 1.54) is 35.0 Å². The molecule has 0 atom stereocenters. The Balaban J connectivity index is 2.32. The molecule has 2 rings (SSSR count). The van der Waals surface area contributed by atoms with E-state index in [1.807, 2.05) is 0 Å². The summed E-state index contributed by atoms with van der Waals surface area (Å²) in [6, 6.07) is 7.07.